The molecule has 134 valence electrons. The number of nitrogens with zero attached hydrogens (tertiary/aromatic N) is 5. The molecule has 3 aromatic rings. The number of amides is 1. The fraction of sp³-hybridized carbons (Fsp3) is 0.412. The summed E-state index contributed by atoms with van der Waals surface area (Å²) in [6, 6.07) is 3.40. The molecule has 0 radical (unpaired) electrons. The van der Waals surface area contributed by atoms with Gasteiger partial charge in [0.15, 0.2) is 0 Å². The zero-order valence-corrected chi connectivity index (χ0v) is 14.1. The predicted molar refractivity (Wildman–Crippen MR) is 90.0 cm³/mol. The Labute approximate surface area is 147 Å². The molecule has 1 amide bonds. The molecular formula is C17H17FN6O2. The van der Waals surface area contributed by atoms with Gasteiger partial charge in [-0.2, -0.15) is 5.10 Å². The van der Waals surface area contributed by atoms with Crippen LogP contribution in [-0.4, -0.2) is 54.9 Å². The molecule has 1 saturated carbocycles. The van der Waals surface area contributed by atoms with Crippen LogP contribution < -0.4 is 5.56 Å². The van der Waals surface area contributed by atoms with E-state index >= 15 is 0 Å². The summed E-state index contributed by atoms with van der Waals surface area (Å²) in [6.45, 7) is 2.68. The number of piperidine rings is 1. The number of carbonyl (C=O) groups excluding carboxylic acids is 1. The molecule has 26 heavy (non-hydrogen) atoms. The van der Waals surface area contributed by atoms with Gasteiger partial charge in [-0.3, -0.25) is 19.0 Å². The predicted octanol–water partition coefficient (Wildman–Crippen LogP) is 0.804. The molecule has 0 bridgehead atoms. The smallest absolute Gasteiger partial charge is 0.276 e. The van der Waals surface area contributed by atoms with E-state index in [0.717, 1.165) is 0 Å². The molecule has 4 heterocycles. The minimum absolute atomic E-state index is 0.108. The quantitative estimate of drug-likeness (QED) is 0.752. The van der Waals surface area contributed by atoms with E-state index in [9.17, 15) is 14.0 Å². The van der Waals surface area contributed by atoms with Crippen LogP contribution in [0.2, 0.25) is 0 Å². The second-order valence-electron chi connectivity index (χ2n) is 7.03. The number of alkyl halides is 1. The van der Waals surface area contributed by atoms with Gasteiger partial charge >= 0.3 is 0 Å². The number of aromatic amines is 1. The van der Waals surface area contributed by atoms with Crippen molar-refractivity contribution in [3.63, 3.8) is 0 Å². The van der Waals surface area contributed by atoms with Crippen LogP contribution in [0.3, 0.4) is 0 Å². The summed E-state index contributed by atoms with van der Waals surface area (Å²) in [5.74, 6) is 0.868. The molecule has 0 aromatic carbocycles. The van der Waals surface area contributed by atoms with Gasteiger partial charge in [-0.1, -0.05) is 0 Å². The Morgan fingerprint density at radius 2 is 2.15 bits per heavy atom. The lowest BCUT2D eigenvalue weighted by Crippen LogP contribution is -2.32. The highest BCUT2D eigenvalue weighted by molar-refractivity contribution is 5.95. The van der Waals surface area contributed by atoms with Gasteiger partial charge in [-0.15, -0.1) is 5.10 Å². The van der Waals surface area contributed by atoms with Crippen molar-refractivity contribution in [2.75, 3.05) is 19.8 Å². The molecular weight excluding hydrogens is 339 g/mol. The lowest BCUT2D eigenvalue weighted by molar-refractivity contribution is 0.0764. The van der Waals surface area contributed by atoms with Gasteiger partial charge < -0.3 is 4.90 Å². The average Bonchev–Trinajstić information content (AvgIpc) is 3.08. The number of carbonyl (C=O) groups is 1. The number of aromatic nitrogens is 5. The zero-order valence-electron chi connectivity index (χ0n) is 14.1. The van der Waals surface area contributed by atoms with Gasteiger partial charge in [-0.25, -0.2) is 9.20 Å². The molecule has 5 rings (SSSR count). The number of rotatable bonds is 3. The maximum Gasteiger partial charge on any atom is 0.276 e. The fourth-order valence-electron chi connectivity index (χ4n) is 4.07. The Morgan fingerprint density at radius 1 is 1.38 bits per heavy atom. The molecule has 2 fully saturated rings. The highest BCUT2D eigenvalue weighted by Crippen LogP contribution is 2.52. The van der Waals surface area contributed by atoms with E-state index in [4.69, 9.17) is 0 Å². The van der Waals surface area contributed by atoms with Crippen LogP contribution in [0, 0.1) is 24.7 Å². The molecule has 3 atom stereocenters. The lowest BCUT2D eigenvalue weighted by atomic mass is 10.2. The van der Waals surface area contributed by atoms with Gasteiger partial charge in [-0.05, 0) is 36.8 Å². The first kappa shape index (κ1) is 15.3. The summed E-state index contributed by atoms with van der Waals surface area (Å²) < 4.78 is 15.7. The Bertz CT molecular complexity index is 1070. The molecule has 9 heteroatoms. The minimum Gasteiger partial charge on any atom is -0.338 e. The Hall–Kier alpha value is -2.97. The van der Waals surface area contributed by atoms with Gasteiger partial charge in [0.05, 0.1) is 24.1 Å². The summed E-state index contributed by atoms with van der Waals surface area (Å²) in [7, 11) is 0. The van der Waals surface area contributed by atoms with Gasteiger partial charge in [0.25, 0.3) is 11.5 Å². The summed E-state index contributed by atoms with van der Waals surface area (Å²) in [6.07, 6.45) is 3.17. The molecule has 1 saturated heterocycles. The first-order valence-corrected chi connectivity index (χ1v) is 8.56. The third kappa shape index (κ3) is 2.06. The number of H-pyrrole nitrogens is 1. The van der Waals surface area contributed by atoms with Crippen LogP contribution in [0.4, 0.5) is 4.39 Å². The second-order valence-corrected chi connectivity index (χ2v) is 7.03. The Balaban J connectivity index is 1.45. The molecule has 3 aromatic heterocycles. The Kier molecular flexibility index (Phi) is 3.10. The summed E-state index contributed by atoms with van der Waals surface area (Å²) in [4.78, 5) is 29.4. The molecule has 1 aliphatic heterocycles. The summed E-state index contributed by atoms with van der Waals surface area (Å²) in [5, 5.41) is 8.57. The normalized spacial score (nSPS) is 24.2. The first-order valence-electron chi connectivity index (χ1n) is 8.56. The van der Waals surface area contributed by atoms with Crippen molar-refractivity contribution in [3.8, 4) is 5.95 Å². The average molecular weight is 356 g/mol. The van der Waals surface area contributed by atoms with Gasteiger partial charge in [0, 0.05) is 19.3 Å². The van der Waals surface area contributed by atoms with E-state index in [1.54, 1.807) is 30.2 Å². The molecule has 2 aliphatic rings. The van der Waals surface area contributed by atoms with Crippen molar-refractivity contribution in [2.45, 2.75) is 6.92 Å². The van der Waals surface area contributed by atoms with Crippen molar-refractivity contribution < 1.29 is 9.18 Å². The fourth-order valence-corrected chi connectivity index (χ4v) is 4.07. The summed E-state index contributed by atoms with van der Waals surface area (Å²) >= 11 is 0. The second kappa shape index (κ2) is 5.26. The van der Waals surface area contributed by atoms with Crippen LogP contribution in [0.5, 0.6) is 0 Å². The lowest BCUT2D eigenvalue weighted by Gasteiger charge is -2.19. The Morgan fingerprint density at radius 3 is 2.88 bits per heavy atom. The van der Waals surface area contributed by atoms with E-state index in [-0.39, 0.29) is 30.0 Å². The maximum atomic E-state index is 12.8. The molecule has 0 unspecified atom stereocenters. The largest absolute Gasteiger partial charge is 0.338 e. The van der Waals surface area contributed by atoms with Crippen LogP contribution in [0.1, 0.15) is 16.1 Å². The third-order valence-electron chi connectivity index (χ3n) is 5.67. The van der Waals surface area contributed by atoms with Crippen LogP contribution in [0.25, 0.3) is 11.5 Å². The van der Waals surface area contributed by atoms with Crippen LogP contribution in [0.15, 0.2) is 29.3 Å². The number of likely N-dealkylation sites (tertiary alicyclic amines) is 1. The molecule has 1 aliphatic carbocycles. The van der Waals surface area contributed by atoms with E-state index < -0.39 is 0 Å². The van der Waals surface area contributed by atoms with Crippen molar-refractivity contribution in [1.82, 2.24) is 29.3 Å². The van der Waals surface area contributed by atoms with Crippen molar-refractivity contribution in [1.29, 1.82) is 0 Å². The topological polar surface area (TPSA) is 88.3 Å². The minimum atomic E-state index is -0.296. The van der Waals surface area contributed by atoms with Crippen molar-refractivity contribution >= 4 is 11.4 Å². The SMILES string of the molecule is Cc1c(C(=O)N2C[C@@H]3[C@@H](CF)[C@@H]3C2)cnn1-c1nn2cccc2c(=O)[nH]1. The van der Waals surface area contributed by atoms with Crippen molar-refractivity contribution in [2.24, 2.45) is 17.8 Å². The molecule has 0 spiro atoms. The van der Waals surface area contributed by atoms with Crippen LogP contribution >= 0.6 is 0 Å². The summed E-state index contributed by atoms with van der Waals surface area (Å²) in [5.41, 5.74) is 1.24. The van der Waals surface area contributed by atoms with Crippen molar-refractivity contribution in [3.05, 3.63) is 46.1 Å². The van der Waals surface area contributed by atoms with Gasteiger partial charge in [0.2, 0.25) is 5.95 Å². The number of hydrogen-bond acceptors (Lipinski definition) is 4. The number of fused-ring (bicyclic) bond motifs is 2. The van der Waals surface area contributed by atoms with E-state index in [2.05, 4.69) is 15.2 Å². The molecule has 8 nitrogen and oxygen atoms in total. The monoisotopic (exact) mass is 356 g/mol. The number of halogens is 1. The van der Waals surface area contributed by atoms with E-state index in [0.29, 0.717) is 41.7 Å². The highest BCUT2D eigenvalue weighted by atomic mass is 19.1. The molecule has 1 N–H and O–H groups in total. The number of hydrogen-bond donors (Lipinski definition) is 1. The zero-order chi connectivity index (χ0) is 18.0. The standard InChI is InChI=1S/C17H17FN6O2/c1-9-11(16(26)22-7-12-10(5-18)13(12)8-22)6-19-24(9)17-20-15(25)14-3-2-4-23(14)21-17/h2-4,6,10,12-13H,5,7-8H2,1H3,(H,20,21,25)/t10-,12-,13+. The van der Waals surface area contributed by atoms with Crippen LogP contribution in [-0.2, 0) is 0 Å². The number of nitrogens with one attached hydrogen (secondary N) is 1. The highest BCUT2D eigenvalue weighted by Gasteiger charge is 2.56. The third-order valence-corrected chi connectivity index (χ3v) is 5.67. The van der Waals surface area contributed by atoms with Gasteiger partial charge in [0.1, 0.15) is 5.52 Å². The maximum absolute atomic E-state index is 12.8. The first-order chi connectivity index (χ1) is 12.6. The van der Waals surface area contributed by atoms with E-state index in [1.165, 1.54) is 15.4 Å². The van der Waals surface area contributed by atoms with E-state index in [1.807, 2.05) is 0 Å².